The topological polar surface area (TPSA) is 307 Å². The zero-order valence-electron chi connectivity index (χ0n) is 29.8. The lowest BCUT2D eigenvalue weighted by Gasteiger charge is -2.29. The summed E-state index contributed by atoms with van der Waals surface area (Å²) in [7, 11) is -24.0. The van der Waals surface area contributed by atoms with Gasteiger partial charge in [-0.2, -0.15) is 38.2 Å². The van der Waals surface area contributed by atoms with Crippen LogP contribution in [0, 0.1) is 0 Å². The van der Waals surface area contributed by atoms with Crippen molar-refractivity contribution >= 4 is 74.1 Å². The lowest BCUT2D eigenvalue weighted by atomic mass is 9.81. The third-order valence-electron chi connectivity index (χ3n) is 9.13. The van der Waals surface area contributed by atoms with Crippen LogP contribution in [0.25, 0.3) is 0 Å². The first kappa shape index (κ1) is 44.9. The highest BCUT2D eigenvalue weighted by Crippen LogP contribution is 2.50. The van der Waals surface area contributed by atoms with E-state index in [1.165, 1.54) is 78.8 Å². The molecule has 0 aromatic heterocycles. The minimum atomic E-state index is -5.12. The van der Waals surface area contributed by atoms with E-state index >= 15 is 0 Å². The molecule has 2 aliphatic heterocycles. The van der Waals surface area contributed by atoms with Gasteiger partial charge < -0.3 is 14.2 Å². The molecule has 308 valence electrons. The van der Waals surface area contributed by atoms with Crippen molar-refractivity contribution in [3.63, 3.8) is 0 Å². The maximum absolute atomic E-state index is 12.5. The zero-order chi connectivity index (χ0) is 42.3. The molecule has 4 rings (SSSR count). The lowest BCUT2D eigenvalue weighted by molar-refractivity contribution is -0.437. The molecule has 0 fully saturated rings. The van der Waals surface area contributed by atoms with Crippen molar-refractivity contribution in [2.75, 3.05) is 35.2 Å². The minimum absolute atomic E-state index is 0.0494. The minimum Gasteiger partial charge on any atom is -0.748 e. The summed E-state index contributed by atoms with van der Waals surface area (Å²) in [6, 6.07) is 5.76. The predicted molar refractivity (Wildman–Crippen MR) is 200 cm³/mol. The largest absolute Gasteiger partial charge is 0.748 e. The van der Waals surface area contributed by atoms with Crippen molar-refractivity contribution in [2.45, 2.75) is 54.2 Å². The molecule has 0 radical (unpaired) electrons. The van der Waals surface area contributed by atoms with Crippen LogP contribution in [0.4, 0.5) is 11.4 Å². The molecule has 0 amide bonds. The van der Waals surface area contributed by atoms with Crippen LogP contribution >= 0.6 is 0 Å². The molecule has 0 aliphatic carbocycles. The van der Waals surface area contributed by atoms with Crippen LogP contribution in [0.5, 0.6) is 5.75 Å². The van der Waals surface area contributed by atoms with E-state index < -0.39 is 88.5 Å². The number of hydrogen-bond acceptors (Lipinski definition) is 14. The van der Waals surface area contributed by atoms with E-state index in [0.717, 1.165) is 6.07 Å². The SMILES string of the molecule is CC1(C)C(/C=C/C=C/C=C2/N(CCCS(=O)(=O)[O-])c3cc(OC=O)ccc3C2(C)CS(=O)(=O)O)=[N+](CCCS(=O)(=O)O)c2cc(S(=O)(=O)O)cc(S(=O)(=O)O)c21. The maximum Gasteiger partial charge on any atom is 0.298 e. The molecule has 56 heavy (non-hydrogen) atoms. The van der Waals surface area contributed by atoms with Gasteiger partial charge in [-0.15, -0.1) is 0 Å². The van der Waals surface area contributed by atoms with Crippen LogP contribution in [0.15, 0.2) is 76.2 Å². The Hall–Kier alpha value is -3.85. The van der Waals surface area contributed by atoms with Crippen molar-refractivity contribution in [2.24, 2.45) is 0 Å². The first-order valence-corrected chi connectivity index (χ1v) is 23.9. The van der Waals surface area contributed by atoms with Gasteiger partial charge in [0.2, 0.25) is 5.69 Å². The van der Waals surface area contributed by atoms with Crippen LogP contribution in [-0.2, 0) is 66.2 Å². The smallest absolute Gasteiger partial charge is 0.298 e. The monoisotopic (exact) mass is 882 g/mol. The molecule has 0 bridgehead atoms. The molecule has 2 aromatic rings. The van der Waals surface area contributed by atoms with Crippen LogP contribution in [-0.4, -0.2) is 112 Å². The number of benzene rings is 2. The van der Waals surface area contributed by atoms with Gasteiger partial charge in [-0.05, 0) is 51.0 Å². The summed E-state index contributed by atoms with van der Waals surface area (Å²) in [6.45, 7) is 4.33. The molecule has 0 spiro atoms. The van der Waals surface area contributed by atoms with Crippen molar-refractivity contribution in [3.05, 3.63) is 77.5 Å². The normalized spacial score (nSPS) is 19.6. The molecule has 24 heteroatoms. The number of carbonyl (C=O) groups excluding carboxylic acids is 1. The number of hydrogen-bond donors (Lipinski definition) is 4. The van der Waals surface area contributed by atoms with Crippen LogP contribution < -0.4 is 9.64 Å². The van der Waals surface area contributed by atoms with E-state index in [1.54, 1.807) is 0 Å². The first-order chi connectivity index (χ1) is 25.5. The highest BCUT2D eigenvalue weighted by Gasteiger charge is 2.49. The van der Waals surface area contributed by atoms with Crippen molar-refractivity contribution < 1.29 is 79.0 Å². The zero-order valence-corrected chi connectivity index (χ0v) is 33.9. The number of rotatable bonds is 17. The number of fused-ring (bicyclic) bond motifs is 2. The van der Waals surface area contributed by atoms with Gasteiger partial charge in [0, 0.05) is 48.3 Å². The Morgan fingerprint density at radius 2 is 1.48 bits per heavy atom. The molecule has 1 unspecified atom stereocenters. The third kappa shape index (κ3) is 10.4. The predicted octanol–water partition coefficient (Wildman–Crippen LogP) is 1.97. The highest BCUT2D eigenvalue weighted by atomic mass is 32.2. The van der Waals surface area contributed by atoms with Gasteiger partial charge in [0.05, 0.1) is 38.0 Å². The average molecular weight is 883 g/mol. The quantitative estimate of drug-likeness (QED) is 0.0764. The Labute approximate surface area is 324 Å². The Morgan fingerprint density at radius 1 is 0.821 bits per heavy atom. The van der Waals surface area contributed by atoms with Crippen LogP contribution in [0.2, 0.25) is 0 Å². The molecule has 0 saturated heterocycles. The summed E-state index contributed by atoms with van der Waals surface area (Å²) in [5.41, 5.74) is -1.96. The average Bonchev–Trinajstić information content (AvgIpc) is 3.36. The lowest BCUT2D eigenvalue weighted by Crippen LogP contribution is -2.35. The molecule has 2 aliphatic rings. The van der Waals surface area contributed by atoms with Crippen molar-refractivity contribution in [1.29, 1.82) is 0 Å². The van der Waals surface area contributed by atoms with E-state index in [2.05, 4.69) is 0 Å². The number of nitrogens with zero attached hydrogens (tertiary/aromatic N) is 2. The summed E-state index contributed by atoms with van der Waals surface area (Å²) in [4.78, 5) is 10.8. The van der Waals surface area contributed by atoms with E-state index in [4.69, 9.17) is 4.74 Å². The summed E-state index contributed by atoms with van der Waals surface area (Å²) < 4.78 is 177. The number of allylic oxidation sites excluding steroid dienone is 6. The fourth-order valence-electron chi connectivity index (χ4n) is 6.99. The molecule has 1 atom stereocenters. The fourth-order valence-corrected chi connectivity index (χ4v) is 10.5. The maximum atomic E-state index is 12.5. The summed E-state index contributed by atoms with van der Waals surface area (Å²) in [6.07, 6.45) is 6.72. The third-order valence-corrected chi connectivity index (χ3v) is 13.4. The van der Waals surface area contributed by atoms with E-state index in [1.807, 2.05) is 0 Å². The van der Waals surface area contributed by atoms with Gasteiger partial charge in [0.25, 0.3) is 46.9 Å². The first-order valence-electron chi connectivity index (χ1n) is 16.2. The number of ether oxygens (including phenoxy) is 1. The molecule has 19 nitrogen and oxygen atoms in total. The fraction of sp³-hybridized carbons (Fsp3) is 0.375. The van der Waals surface area contributed by atoms with E-state index in [-0.39, 0.29) is 66.5 Å². The Bertz CT molecular complexity index is 2630. The summed E-state index contributed by atoms with van der Waals surface area (Å²) in [5, 5.41) is 0. The van der Waals surface area contributed by atoms with Crippen molar-refractivity contribution in [1.82, 2.24) is 0 Å². The molecular weight excluding hydrogens is 845 g/mol. The Morgan fingerprint density at radius 3 is 2.04 bits per heavy atom. The molecule has 4 N–H and O–H groups in total. The molecule has 2 heterocycles. The van der Waals surface area contributed by atoms with Gasteiger partial charge in [-0.1, -0.05) is 24.3 Å². The van der Waals surface area contributed by atoms with Gasteiger partial charge in [0.1, 0.15) is 22.1 Å². The molecular formula is C32H38N2O17S5. The second-order valence-corrected chi connectivity index (χ2v) is 20.9. The van der Waals surface area contributed by atoms with Gasteiger partial charge in [0.15, 0.2) is 5.71 Å². The van der Waals surface area contributed by atoms with E-state index in [0.29, 0.717) is 11.6 Å². The second kappa shape index (κ2) is 15.8. The van der Waals surface area contributed by atoms with Crippen LogP contribution in [0.3, 0.4) is 0 Å². The summed E-state index contributed by atoms with van der Waals surface area (Å²) in [5.74, 6) is -2.31. The second-order valence-electron chi connectivity index (χ2n) is 13.6. The van der Waals surface area contributed by atoms with E-state index in [9.17, 15) is 69.6 Å². The standard InChI is InChI=1S/C32H38N2O17S5/c1-31(2)28(34(14-8-16-53(39,40)41)26-18-23(55(45,46)47)19-27(30(26)31)56(48,49)50)9-5-4-6-10-29-32(3,20-54(42,43)44)24-12-11-22(51-21-35)17-25(24)33(29)13-7-15-52(36,37)38/h4-6,9-12,17-19,21H,7-8,13-16,20H2,1-3H3,(H4-,36,37,38,39,40,41,42,43,44,45,46,47,48,49,50). The molecule has 2 aromatic carbocycles. The van der Waals surface area contributed by atoms with Gasteiger partial charge in [-0.25, -0.2) is 8.42 Å². The summed E-state index contributed by atoms with van der Waals surface area (Å²) >= 11 is 0. The molecule has 0 saturated carbocycles. The van der Waals surface area contributed by atoms with Gasteiger partial charge >= 0.3 is 0 Å². The number of carbonyl (C=O) groups is 1. The van der Waals surface area contributed by atoms with Crippen LogP contribution in [0.1, 0.15) is 44.7 Å². The Kier molecular flexibility index (Phi) is 12.7. The number of anilines is 1. The highest BCUT2D eigenvalue weighted by molar-refractivity contribution is 7.87. The Balaban J connectivity index is 1.87. The van der Waals surface area contributed by atoms with Gasteiger partial charge in [-0.3, -0.25) is 23.0 Å². The van der Waals surface area contributed by atoms with Crippen molar-refractivity contribution in [3.8, 4) is 5.75 Å².